The summed E-state index contributed by atoms with van der Waals surface area (Å²) in [6.07, 6.45) is 0.682. The van der Waals surface area contributed by atoms with Gasteiger partial charge in [0, 0.05) is 44.7 Å². The first-order chi connectivity index (χ1) is 16.0. The van der Waals surface area contributed by atoms with Crippen LogP contribution in [0.5, 0.6) is 5.75 Å². The van der Waals surface area contributed by atoms with Crippen LogP contribution in [0.1, 0.15) is 47.8 Å². The molecule has 0 atom stereocenters. The predicted molar refractivity (Wildman–Crippen MR) is 131 cm³/mol. The predicted octanol–water partition coefficient (Wildman–Crippen LogP) is 3.60. The zero-order chi connectivity index (χ0) is 23.6. The van der Waals surface area contributed by atoms with Gasteiger partial charge in [0.15, 0.2) is 0 Å². The van der Waals surface area contributed by atoms with Gasteiger partial charge < -0.3 is 19.5 Å². The Kier molecular flexibility index (Phi) is 9.73. The maximum atomic E-state index is 13.0. The van der Waals surface area contributed by atoms with E-state index in [2.05, 4.69) is 43.0 Å². The monoisotopic (exact) mass is 454 g/mol. The largest absolute Gasteiger partial charge is 0.491 e. The van der Waals surface area contributed by atoms with Crippen molar-refractivity contribution < 1.29 is 19.4 Å². The van der Waals surface area contributed by atoms with Crippen molar-refractivity contribution in [3.8, 4) is 5.75 Å². The molecule has 2 aromatic rings. The Morgan fingerprint density at radius 1 is 1.12 bits per heavy atom. The molecule has 0 saturated carbocycles. The summed E-state index contributed by atoms with van der Waals surface area (Å²) >= 11 is 0. The third-order valence-corrected chi connectivity index (χ3v) is 5.80. The maximum absolute atomic E-state index is 13.0. The van der Waals surface area contributed by atoms with E-state index in [0.29, 0.717) is 50.8 Å². The summed E-state index contributed by atoms with van der Waals surface area (Å²) in [6.45, 7) is 11.7. The molecular weight excluding hydrogens is 416 g/mol. The van der Waals surface area contributed by atoms with Crippen LogP contribution in [-0.2, 0) is 17.7 Å². The molecule has 2 bridgehead atoms. The molecule has 1 aliphatic rings. The van der Waals surface area contributed by atoms with Crippen molar-refractivity contribution in [2.24, 2.45) is 5.92 Å². The molecule has 1 aliphatic heterocycles. The first kappa shape index (κ1) is 25.2. The lowest BCUT2D eigenvalue weighted by Crippen LogP contribution is -2.33. The van der Waals surface area contributed by atoms with Crippen LogP contribution in [0.2, 0.25) is 0 Å². The van der Waals surface area contributed by atoms with Crippen molar-refractivity contribution in [2.45, 2.75) is 33.7 Å². The molecule has 1 N–H and O–H groups in total. The van der Waals surface area contributed by atoms with E-state index in [1.807, 2.05) is 25.1 Å². The minimum absolute atomic E-state index is 0.0474. The van der Waals surface area contributed by atoms with Crippen molar-refractivity contribution in [1.82, 2.24) is 9.80 Å². The summed E-state index contributed by atoms with van der Waals surface area (Å²) < 4.78 is 11.9. The zero-order valence-corrected chi connectivity index (χ0v) is 20.3. The van der Waals surface area contributed by atoms with Crippen molar-refractivity contribution in [2.75, 3.05) is 52.6 Å². The Balaban J connectivity index is 1.89. The third-order valence-electron chi connectivity index (χ3n) is 5.80. The number of fused-ring (bicyclic) bond motifs is 3. The van der Waals surface area contributed by atoms with Gasteiger partial charge in [-0.3, -0.25) is 9.69 Å². The number of aliphatic hydroxyl groups is 1. The second kappa shape index (κ2) is 12.7. The summed E-state index contributed by atoms with van der Waals surface area (Å²) in [6, 6.07) is 14.3. The number of likely N-dealkylation sites (N-methyl/N-ethyl adjacent to an activating group) is 1. The molecule has 2 aromatic carbocycles. The van der Waals surface area contributed by atoms with Crippen LogP contribution >= 0.6 is 0 Å². The fraction of sp³-hybridized carbons (Fsp3) is 0.519. The molecule has 0 spiro atoms. The number of carbonyl (C=O) groups is 1. The minimum Gasteiger partial charge on any atom is -0.491 e. The molecule has 0 aliphatic carbocycles. The standard InChI is InChI=1S/C27H38N2O4/c1-4-29(10-12-30)27(31)24-8-9-26-25(18-24)17-22-6-5-7-23(16-22)20-28(19-21(2)3)11-13-32-14-15-33-26/h5-9,16,18,21,30H,4,10-15,17,19-20H2,1-3H3. The van der Waals surface area contributed by atoms with Gasteiger partial charge in [-0.2, -0.15) is 0 Å². The van der Waals surface area contributed by atoms with Crippen molar-refractivity contribution >= 4 is 5.91 Å². The van der Waals surface area contributed by atoms with E-state index in [1.54, 1.807) is 4.90 Å². The number of aliphatic hydroxyl groups excluding tert-OH is 1. The van der Waals surface area contributed by atoms with E-state index in [4.69, 9.17) is 9.47 Å². The highest BCUT2D eigenvalue weighted by atomic mass is 16.5. The van der Waals surface area contributed by atoms with E-state index < -0.39 is 0 Å². The number of ether oxygens (including phenoxy) is 2. The van der Waals surface area contributed by atoms with Gasteiger partial charge in [0.25, 0.3) is 5.91 Å². The Morgan fingerprint density at radius 3 is 2.70 bits per heavy atom. The molecule has 1 heterocycles. The van der Waals surface area contributed by atoms with E-state index in [9.17, 15) is 9.90 Å². The summed E-state index contributed by atoms with van der Waals surface area (Å²) in [7, 11) is 0. The number of nitrogens with zero attached hydrogens (tertiary/aromatic N) is 2. The normalized spacial score (nSPS) is 15.4. The number of hydrogen-bond donors (Lipinski definition) is 1. The average Bonchev–Trinajstić information content (AvgIpc) is 2.79. The Bertz CT molecular complexity index is 899. The van der Waals surface area contributed by atoms with Gasteiger partial charge in [-0.25, -0.2) is 0 Å². The lowest BCUT2D eigenvalue weighted by molar-refractivity contribution is 0.0728. The van der Waals surface area contributed by atoms with Gasteiger partial charge in [-0.05, 0) is 47.7 Å². The zero-order valence-electron chi connectivity index (χ0n) is 20.3. The van der Waals surface area contributed by atoms with Gasteiger partial charge in [0.2, 0.25) is 0 Å². The molecule has 180 valence electrons. The molecule has 0 aromatic heterocycles. The van der Waals surface area contributed by atoms with Crippen LogP contribution in [-0.4, -0.2) is 73.4 Å². The minimum atomic E-state index is -0.0739. The van der Waals surface area contributed by atoms with Crippen molar-refractivity contribution in [3.63, 3.8) is 0 Å². The Labute approximate surface area is 198 Å². The molecule has 0 radical (unpaired) electrons. The molecule has 33 heavy (non-hydrogen) atoms. The molecule has 0 unspecified atom stereocenters. The quantitative estimate of drug-likeness (QED) is 0.723. The Morgan fingerprint density at radius 2 is 1.94 bits per heavy atom. The van der Waals surface area contributed by atoms with Crippen molar-refractivity contribution in [1.29, 1.82) is 0 Å². The first-order valence-electron chi connectivity index (χ1n) is 12.0. The van der Waals surface area contributed by atoms with Crippen LogP contribution in [0.25, 0.3) is 0 Å². The molecular formula is C27H38N2O4. The van der Waals surface area contributed by atoms with Crippen LogP contribution < -0.4 is 4.74 Å². The first-order valence-corrected chi connectivity index (χ1v) is 12.0. The van der Waals surface area contributed by atoms with Gasteiger partial charge in [-0.1, -0.05) is 38.1 Å². The van der Waals surface area contributed by atoms with E-state index in [1.165, 1.54) is 11.1 Å². The number of amides is 1. The summed E-state index contributed by atoms with van der Waals surface area (Å²) in [5, 5.41) is 9.29. The van der Waals surface area contributed by atoms with Gasteiger partial charge in [-0.15, -0.1) is 0 Å². The second-order valence-electron chi connectivity index (χ2n) is 9.02. The molecule has 0 saturated heterocycles. The summed E-state index contributed by atoms with van der Waals surface area (Å²) in [5.41, 5.74) is 4.07. The fourth-order valence-electron chi connectivity index (χ4n) is 4.27. The second-order valence-corrected chi connectivity index (χ2v) is 9.02. The summed E-state index contributed by atoms with van der Waals surface area (Å²) in [4.78, 5) is 17.1. The van der Waals surface area contributed by atoms with E-state index in [-0.39, 0.29) is 12.5 Å². The molecule has 0 fully saturated rings. The molecule has 1 amide bonds. The van der Waals surface area contributed by atoms with Gasteiger partial charge >= 0.3 is 0 Å². The fourth-order valence-corrected chi connectivity index (χ4v) is 4.27. The SMILES string of the molecule is CCN(CCO)C(=O)c1ccc2c(c1)Cc1cccc(c1)CN(CC(C)C)CCOCCO2. The smallest absolute Gasteiger partial charge is 0.253 e. The number of hydrogen-bond acceptors (Lipinski definition) is 5. The third kappa shape index (κ3) is 7.56. The number of benzene rings is 2. The summed E-state index contributed by atoms with van der Waals surface area (Å²) in [5.74, 6) is 1.30. The van der Waals surface area contributed by atoms with E-state index in [0.717, 1.165) is 30.9 Å². The average molecular weight is 455 g/mol. The van der Waals surface area contributed by atoms with Crippen LogP contribution in [0, 0.1) is 5.92 Å². The highest BCUT2D eigenvalue weighted by molar-refractivity contribution is 5.94. The highest BCUT2D eigenvalue weighted by Gasteiger charge is 2.17. The Hall–Kier alpha value is -2.41. The van der Waals surface area contributed by atoms with Crippen molar-refractivity contribution in [3.05, 3.63) is 64.7 Å². The topological polar surface area (TPSA) is 62.2 Å². The van der Waals surface area contributed by atoms with Crippen LogP contribution in [0.15, 0.2) is 42.5 Å². The van der Waals surface area contributed by atoms with Gasteiger partial charge in [0.1, 0.15) is 12.4 Å². The maximum Gasteiger partial charge on any atom is 0.253 e. The van der Waals surface area contributed by atoms with Gasteiger partial charge in [0.05, 0.1) is 19.8 Å². The number of carbonyl (C=O) groups excluding carboxylic acids is 1. The van der Waals surface area contributed by atoms with Crippen LogP contribution in [0.3, 0.4) is 0 Å². The lowest BCUT2D eigenvalue weighted by atomic mass is 9.99. The molecule has 6 heteroatoms. The number of rotatable bonds is 6. The lowest BCUT2D eigenvalue weighted by Gasteiger charge is -2.25. The van der Waals surface area contributed by atoms with E-state index >= 15 is 0 Å². The van der Waals surface area contributed by atoms with Crippen LogP contribution in [0.4, 0.5) is 0 Å². The highest BCUT2D eigenvalue weighted by Crippen LogP contribution is 2.25. The molecule has 3 rings (SSSR count). The molecule has 6 nitrogen and oxygen atoms in total.